The van der Waals surface area contributed by atoms with Crippen LogP contribution in [0.1, 0.15) is 30.6 Å². The van der Waals surface area contributed by atoms with Crippen LogP contribution in [-0.4, -0.2) is 24.5 Å². The van der Waals surface area contributed by atoms with Crippen molar-refractivity contribution in [1.82, 2.24) is 5.32 Å². The zero-order valence-electron chi connectivity index (χ0n) is 10.9. The molecular weight excluding hydrogens is 268 g/mol. The molecule has 1 rings (SSSR count). The highest BCUT2D eigenvalue weighted by Gasteiger charge is 2.14. The molecular formula is C13H17ClN2O3. The van der Waals surface area contributed by atoms with Crippen LogP contribution in [0.2, 0.25) is 5.02 Å². The first-order valence-corrected chi connectivity index (χ1v) is 6.33. The van der Waals surface area contributed by atoms with Crippen molar-refractivity contribution in [2.45, 2.75) is 26.3 Å². The molecule has 0 fully saturated rings. The van der Waals surface area contributed by atoms with Crippen LogP contribution in [0.4, 0.5) is 5.69 Å². The van der Waals surface area contributed by atoms with E-state index in [9.17, 15) is 9.59 Å². The van der Waals surface area contributed by atoms with Crippen LogP contribution in [0.15, 0.2) is 18.2 Å². The monoisotopic (exact) mass is 284 g/mol. The van der Waals surface area contributed by atoms with Crippen LogP contribution in [0.5, 0.6) is 0 Å². The Morgan fingerprint density at radius 2 is 2.16 bits per heavy atom. The fourth-order valence-corrected chi connectivity index (χ4v) is 1.53. The molecule has 1 aromatic rings. The number of carbonyl (C=O) groups is 2. The molecule has 19 heavy (non-hydrogen) atoms. The lowest BCUT2D eigenvalue weighted by Crippen LogP contribution is -2.35. The summed E-state index contributed by atoms with van der Waals surface area (Å²) in [4.78, 5) is 23.2. The number of hydrogen-bond acceptors (Lipinski definition) is 4. The third-order valence-electron chi connectivity index (χ3n) is 2.59. The Kier molecular flexibility index (Phi) is 5.63. The predicted octanol–water partition coefficient (Wildman–Crippen LogP) is 1.99. The van der Waals surface area contributed by atoms with Crippen molar-refractivity contribution in [3.63, 3.8) is 0 Å². The molecule has 0 bridgehead atoms. The zero-order chi connectivity index (χ0) is 14.4. The van der Waals surface area contributed by atoms with Crippen LogP contribution in [0, 0.1) is 0 Å². The number of hydrogen-bond donors (Lipinski definition) is 2. The highest BCUT2D eigenvalue weighted by molar-refractivity contribution is 6.31. The predicted molar refractivity (Wildman–Crippen MR) is 74.0 cm³/mol. The average Bonchev–Trinajstić information content (AvgIpc) is 2.35. The lowest BCUT2D eigenvalue weighted by Gasteiger charge is -2.11. The van der Waals surface area contributed by atoms with E-state index in [2.05, 4.69) is 5.32 Å². The summed E-state index contributed by atoms with van der Waals surface area (Å²) in [6, 6.07) is 4.50. The SMILES string of the molecule is CC[C@@H](C)NC(=O)COC(=O)c1ccc(Cl)cc1N. The van der Waals surface area contributed by atoms with Gasteiger partial charge in [-0.3, -0.25) is 4.79 Å². The molecule has 3 N–H and O–H groups in total. The fourth-order valence-electron chi connectivity index (χ4n) is 1.35. The number of amides is 1. The number of halogens is 1. The second-order valence-electron chi connectivity index (χ2n) is 4.18. The van der Waals surface area contributed by atoms with Crippen LogP contribution in [-0.2, 0) is 9.53 Å². The number of rotatable bonds is 5. The van der Waals surface area contributed by atoms with Gasteiger partial charge in [-0.2, -0.15) is 0 Å². The van der Waals surface area contributed by atoms with Gasteiger partial charge in [0.05, 0.1) is 5.56 Å². The van der Waals surface area contributed by atoms with E-state index in [4.69, 9.17) is 22.1 Å². The quantitative estimate of drug-likeness (QED) is 0.640. The Morgan fingerprint density at radius 1 is 1.47 bits per heavy atom. The smallest absolute Gasteiger partial charge is 0.340 e. The minimum Gasteiger partial charge on any atom is -0.452 e. The van der Waals surface area contributed by atoms with Crippen LogP contribution >= 0.6 is 11.6 Å². The number of ether oxygens (including phenoxy) is 1. The summed E-state index contributed by atoms with van der Waals surface area (Å²) in [5.74, 6) is -0.983. The minimum atomic E-state index is -0.645. The molecule has 0 spiro atoms. The molecule has 0 heterocycles. The molecule has 0 aliphatic carbocycles. The van der Waals surface area contributed by atoms with E-state index < -0.39 is 5.97 Å². The molecule has 0 saturated heterocycles. The highest BCUT2D eigenvalue weighted by atomic mass is 35.5. The highest BCUT2D eigenvalue weighted by Crippen LogP contribution is 2.18. The molecule has 0 unspecified atom stereocenters. The van der Waals surface area contributed by atoms with E-state index in [1.54, 1.807) is 0 Å². The summed E-state index contributed by atoms with van der Waals surface area (Å²) in [5, 5.41) is 3.13. The second-order valence-corrected chi connectivity index (χ2v) is 4.62. The molecule has 1 aromatic carbocycles. The summed E-state index contributed by atoms with van der Waals surface area (Å²) in [7, 11) is 0. The summed E-state index contributed by atoms with van der Waals surface area (Å²) in [5.41, 5.74) is 6.06. The molecule has 0 saturated carbocycles. The second kappa shape index (κ2) is 6.99. The van der Waals surface area contributed by atoms with Gasteiger partial charge in [0.2, 0.25) is 0 Å². The van der Waals surface area contributed by atoms with Crippen molar-refractivity contribution in [2.75, 3.05) is 12.3 Å². The summed E-state index contributed by atoms with van der Waals surface area (Å²) >= 11 is 5.73. The van der Waals surface area contributed by atoms with Gasteiger partial charge >= 0.3 is 5.97 Å². The number of anilines is 1. The molecule has 0 aliphatic rings. The first-order chi connectivity index (χ1) is 8.93. The molecule has 1 atom stereocenters. The molecule has 6 heteroatoms. The lowest BCUT2D eigenvalue weighted by molar-refractivity contribution is -0.124. The van der Waals surface area contributed by atoms with Gasteiger partial charge in [-0.1, -0.05) is 18.5 Å². The normalized spacial score (nSPS) is 11.7. The standard InChI is InChI=1S/C13H17ClN2O3/c1-3-8(2)16-12(17)7-19-13(18)10-5-4-9(14)6-11(10)15/h4-6,8H,3,7,15H2,1-2H3,(H,16,17)/t8-/m1/s1. The van der Waals surface area contributed by atoms with Crippen molar-refractivity contribution in [3.05, 3.63) is 28.8 Å². The van der Waals surface area contributed by atoms with Crippen LogP contribution in [0.3, 0.4) is 0 Å². The zero-order valence-corrected chi connectivity index (χ0v) is 11.7. The average molecular weight is 285 g/mol. The number of nitrogen functional groups attached to an aromatic ring is 1. The fraction of sp³-hybridized carbons (Fsp3) is 0.385. The Labute approximate surface area is 117 Å². The Hall–Kier alpha value is -1.75. The molecule has 104 valence electrons. The number of esters is 1. The first kappa shape index (κ1) is 15.3. The molecule has 5 nitrogen and oxygen atoms in total. The minimum absolute atomic E-state index is 0.0480. The Morgan fingerprint density at radius 3 is 2.74 bits per heavy atom. The number of benzene rings is 1. The first-order valence-electron chi connectivity index (χ1n) is 5.95. The summed E-state index contributed by atoms with van der Waals surface area (Å²) < 4.78 is 4.88. The van der Waals surface area contributed by atoms with Gasteiger partial charge in [-0.25, -0.2) is 4.79 Å². The van der Waals surface area contributed by atoms with E-state index >= 15 is 0 Å². The maximum absolute atomic E-state index is 11.7. The van der Waals surface area contributed by atoms with E-state index in [1.807, 2.05) is 13.8 Å². The topological polar surface area (TPSA) is 81.4 Å². The maximum Gasteiger partial charge on any atom is 0.340 e. The lowest BCUT2D eigenvalue weighted by atomic mass is 10.2. The summed E-state index contributed by atoms with van der Waals surface area (Å²) in [6.45, 7) is 3.49. The van der Waals surface area contributed by atoms with Gasteiger partial charge in [0.15, 0.2) is 6.61 Å². The Bertz CT molecular complexity index is 477. The van der Waals surface area contributed by atoms with Crippen molar-refractivity contribution in [3.8, 4) is 0 Å². The van der Waals surface area contributed by atoms with Crippen molar-refractivity contribution < 1.29 is 14.3 Å². The number of carbonyl (C=O) groups excluding carboxylic acids is 2. The number of nitrogens with two attached hydrogens (primary N) is 1. The van der Waals surface area contributed by atoms with Crippen LogP contribution in [0.25, 0.3) is 0 Å². The van der Waals surface area contributed by atoms with E-state index in [0.29, 0.717) is 5.02 Å². The van der Waals surface area contributed by atoms with Gasteiger partial charge in [0, 0.05) is 16.8 Å². The third-order valence-corrected chi connectivity index (χ3v) is 2.82. The van der Waals surface area contributed by atoms with Crippen molar-refractivity contribution in [1.29, 1.82) is 0 Å². The van der Waals surface area contributed by atoms with Gasteiger partial charge in [0.1, 0.15) is 0 Å². The molecule has 0 aromatic heterocycles. The molecule has 0 aliphatic heterocycles. The van der Waals surface area contributed by atoms with Gasteiger partial charge in [0.25, 0.3) is 5.91 Å². The number of nitrogens with one attached hydrogen (secondary N) is 1. The third kappa shape index (κ3) is 4.79. The van der Waals surface area contributed by atoms with Gasteiger partial charge < -0.3 is 15.8 Å². The summed E-state index contributed by atoms with van der Waals surface area (Å²) in [6.07, 6.45) is 0.809. The molecule has 0 radical (unpaired) electrons. The van der Waals surface area contributed by atoms with Crippen molar-refractivity contribution in [2.24, 2.45) is 0 Å². The Balaban J connectivity index is 2.54. The van der Waals surface area contributed by atoms with E-state index in [-0.39, 0.29) is 29.8 Å². The van der Waals surface area contributed by atoms with E-state index in [0.717, 1.165) is 6.42 Å². The van der Waals surface area contributed by atoms with Gasteiger partial charge in [-0.15, -0.1) is 0 Å². The molecule has 1 amide bonds. The maximum atomic E-state index is 11.7. The van der Waals surface area contributed by atoms with Crippen LogP contribution < -0.4 is 11.1 Å². The van der Waals surface area contributed by atoms with E-state index in [1.165, 1.54) is 18.2 Å². The largest absolute Gasteiger partial charge is 0.452 e. The van der Waals surface area contributed by atoms with Gasteiger partial charge in [-0.05, 0) is 31.5 Å². The van der Waals surface area contributed by atoms with Crippen molar-refractivity contribution >= 4 is 29.2 Å².